The molecule has 21 heavy (non-hydrogen) atoms. The molecule has 3 nitrogen and oxygen atoms in total. The molecule has 2 aromatic heterocycles. The van der Waals surface area contributed by atoms with Crippen molar-refractivity contribution in [1.29, 1.82) is 0 Å². The Morgan fingerprint density at radius 3 is 2.29 bits per heavy atom. The first-order chi connectivity index (χ1) is 9.70. The number of halogens is 3. The molecule has 0 unspecified atom stereocenters. The molecule has 2 heterocycles. The molecule has 110 valence electrons. The second-order valence-corrected chi connectivity index (χ2v) is 5.29. The van der Waals surface area contributed by atoms with E-state index in [0.29, 0.717) is 17.1 Å². The summed E-state index contributed by atoms with van der Waals surface area (Å²) in [5, 5.41) is 0.767. The molecule has 0 aliphatic rings. The standard InChI is InChI=1S/C15H13F3N2O/c1-6-4-9-7(2)8(3)19-14(9)12-10(15(16,17)18)5-11(21)20-13(6)12/h4-5,19H,1-3H3,(H,20,21). The topological polar surface area (TPSA) is 48.6 Å². The Morgan fingerprint density at radius 2 is 1.67 bits per heavy atom. The van der Waals surface area contributed by atoms with Gasteiger partial charge in [0.15, 0.2) is 0 Å². The third-order valence-corrected chi connectivity index (χ3v) is 3.90. The molecule has 0 saturated carbocycles. The highest BCUT2D eigenvalue weighted by molar-refractivity contribution is 6.08. The van der Waals surface area contributed by atoms with E-state index in [9.17, 15) is 18.0 Å². The summed E-state index contributed by atoms with van der Waals surface area (Å²) in [5.74, 6) is 0. The van der Waals surface area contributed by atoms with Crippen LogP contribution in [0, 0.1) is 20.8 Å². The van der Waals surface area contributed by atoms with E-state index < -0.39 is 17.3 Å². The van der Waals surface area contributed by atoms with E-state index in [2.05, 4.69) is 9.97 Å². The molecule has 0 atom stereocenters. The van der Waals surface area contributed by atoms with Crippen molar-refractivity contribution in [1.82, 2.24) is 9.97 Å². The van der Waals surface area contributed by atoms with Gasteiger partial charge in [0.05, 0.1) is 16.6 Å². The molecule has 2 N–H and O–H groups in total. The highest BCUT2D eigenvalue weighted by Crippen LogP contribution is 2.38. The molecule has 0 amide bonds. The summed E-state index contributed by atoms with van der Waals surface area (Å²) in [6.07, 6.45) is -4.58. The molecule has 0 fully saturated rings. The molecule has 0 aliphatic carbocycles. The third-order valence-electron chi connectivity index (χ3n) is 3.90. The molecule has 3 rings (SSSR count). The number of rotatable bonds is 0. The Balaban J connectivity index is 2.67. The van der Waals surface area contributed by atoms with Gasteiger partial charge < -0.3 is 9.97 Å². The fraction of sp³-hybridized carbons (Fsp3) is 0.267. The van der Waals surface area contributed by atoms with Crippen LogP contribution in [0.4, 0.5) is 13.2 Å². The summed E-state index contributed by atoms with van der Waals surface area (Å²) in [4.78, 5) is 17.1. The Kier molecular flexibility index (Phi) is 2.70. The first-order valence-electron chi connectivity index (χ1n) is 6.43. The van der Waals surface area contributed by atoms with Crippen LogP contribution in [-0.2, 0) is 6.18 Å². The zero-order chi connectivity index (χ0) is 15.5. The van der Waals surface area contributed by atoms with E-state index in [4.69, 9.17) is 0 Å². The first kappa shape index (κ1) is 13.7. The number of nitrogens with one attached hydrogen (secondary N) is 2. The summed E-state index contributed by atoms with van der Waals surface area (Å²) < 4.78 is 39.9. The van der Waals surface area contributed by atoms with E-state index in [-0.39, 0.29) is 10.9 Å². The van der Waals surface area contributed by atoms with E-state index in [1.165, 1.54) is 0 Å². The van der Waals surface area contributed by atoms with Gasteiger partial charge in [-0.2, -0.15) is 13.2 Å². The van der Waals surface area contributed by atoms with Crippen LogP contribution in [0.15, 0.2) is 16.9 Å². The lowest BCUT2D eigenvalue weighted by atomic mass is 10.0. The number of aromatic nitrogens is 2. The maximum absolute atomic E-state index is 13.3. The Hall–Kier alpha value is -2.24. The minimum absolute atomic E-state index is 0.0216. The minimum atomic E-state index is -4.58. The third kappa shape index (κ3) is 1.93. The minimum Gasteiger partial charge on any atom is -0.358 e. The van der Waals surface area contributed by atoms with Gasteiger partial charge in [0.1, 0.15) is 0 Å². The monoisotopic (exact) mass is 294 g/mol. The smallest absolute Gasteiger partial charge is 0.358 e. The Morgan fingerprint density at radius 1 is 1.00 bits per heavy atom. The Bertz CT molecular complexity index is 932. The molecule has 0 saturated heterocycles. The van der Waals surface area contributed by atoms with Crippen molar-refractivity contribution >= 4 is 21.8 Å². The maximum atomic E-state index is 13.3. The van der Waals surface area contributed by atoms with Gasteiger partial charge in [-0.1, -0.05) is 0 Å². The lowest BCUT2D eigenvalue weighted by Gasteiger charge is -2.12. The lowest BCUT2D eigenvalue weighted by Crippen LogP contribution is -2.14. The van der Waals surface area contributed by atoms with Gasteiger partial charge in [-0.15, -0.1) is 0 Å². The number of fused-ring (bicyclic) bond motifs is 3. The number of aromatic amines is 2. The Labute approximate surface area is 117 Å². The van der Waals surface area contributed by atoms with Gasteiger partial charge in [0, 0.05) is 22.5 Å². The van der Waals surface area contributed by atoms with Gasteiger partial charge in [-0.05, 0) is 38.0 Å². The largest absolute Gasteiger partial charge is 0.417 e. The van der Waals surface area contributed by atoms with Crippen LogP contribution < -0.4 is 5.56 Å². The van der Waals surface area contributed by atoms with Gasteiger partial charge in [-0.25, -0.2) is 0 Å². The van der Waals surface area contributed by atoms with Crippen LogP contribution in [0.3, 0.4) is 0 Å². The van der Waals surface area contributed by atoms with Crippen LogP contribution in [0.1, 0.15) is 22.4 Å². The number of alkyl halides is 3. The summed E-state index contributed by atoms with van der Waals surface area (Å²) in [5.41, 5.74) is 1.32. The first-order valence-corrected chi connectivity index (χ1v) is 6.43. The van der Waals surface area contributed by atoms with Gasteiger partial charge in [0.2, 0.25) is 5.56 Å². The molecule has 0 spiro atoms. The molecule has 0 bridgehead atoms. The summed E-state index contributed by atoms with van der Waals surface area (Å²) in [6, 6.07) is 2.42. The van der Waals surface area contributed by atoms with E-state index >= 15 is 0 Å². The number of benzene rings is 1. The fourth-order valence-corrected chi connectivity index (χ4v) is 2.74. The van der Waals surface area contributed by atoms with E-state index in [1.54, 1.807) is 13.0 Å². The maximum Gasteiger partial charge on any atom is 0.417 e. The van der Waals surface area contributed by atoms with Crippen molar-refractivity contribution in [2.75, 3.05) is 0 Å². The lowest BCUT2D eigenvalue weighted by molar-refractivity contribution is -0.136. The molecular weight excluding hydrogens is 281 g/mol. The molecule has 1 aromatic carbocycles. The summed E-state index contributed by atoms with van der Waals surface area (Å²) in [6.45, 7) is 5.37. The highest BCUT2D eigenvalue weighted by atomic mass is 19.4. The predicted octanol–water partition coefficient (Wildman–Crippen LogP) is 3.95. The zero-order valence-electron chi connectivity index (χ0n) is 11.7. The van der Waals surface area contributed by atoms with Crippen molar-refractivity contribution in [2.24, 2.45) is 0 Å². The SMILES string of the molecule is Cc1[nH]c2c(cc(C)c3[nH]c(=O)cc(C(F)(F)F)c32)c1C. The van der Waals surface area contributed by atoms with Crippen LogP contribution >= 0.6 is 0 Å². The van der Waals surface area contributed by atoms with Crippen LogP contribution in [0.2, 0.25) is 0 Å². The van der Waals surface area contributed by atoms with Gasteiger partial charge >= 0.3 is 6.18 Å². The van der Waals surface area contributed by atoms with Crippen LogP contribution in [0.5, 0.6) is 0 Å². The fourth-order valence-electron chi connectivity index (χ4n) is 2.74. The van der Waals surface area contributed by atoms with Crippen molar-refractivity contribution in [3.8, 4) is 0 Å². The number of H-pyrrole nitrogens is 2. The van der Waals surface area contributed by atoms with Gasteiger partial charge in [-0.3, -0.25) is 4.79 Å². The predicted molar refractivity (Wildman–Crippen MR) is 75.6 cm³/mol. The van der Waals surface area contributed by atoms with Crippen molar-refractivity contribution in [3.63, 3.8) is 0 Å². The van der Waals surface area contributed by atoms with Gasteiger partial charge in [0.25, 0.3) is 0 Å². The molecule has 0 aliphatic heterocycles. The van der Waals surface area contributed by atoms with Crippen LogP contribution in [-0.4, -0.2) is 9.97 Å². The van der Waals surface area contributed by atoms with Crippen molar-refractivity contribution < 1.29 is 13.2 Å². The summed E-state index contributed by atoms with van der Waals surface area (Å²) >= 11 is 0. The second kappa shape index (κ2) is 4.13. The molecular formula is C15H13F3N2O. The van der Waals surface area contributed by atoms with Crippen LogP contribution in [0.25, 0.3) is 21.8 Å². The van der Waals surface area contributed by atoms with E-state index in [0.717, 1.165) is 16.6 Å². The number of pyridine rings is 1. The van der Waals surface area contributed by atoms with E-state index in [1.807, 2.05) is 13.8 Å². The molecule has 0 radical (unpaired) electrons. The average molecular weight is 294 g/mol. The number of aryl methyl sites for hydroxylation is 3. The molecule has 3 aromatic rings. The quantitative estimate of drug-likeness (QED) is 0.648. The number of hydrogen-bond donors (Lipinski definition) is 2. The normalized spacial score (nSPS) is 12.5. The summed E-state index contributed by atoms with van der Waals surface area (Å²) in [7, 11) is 0. The average Bonchev–Trinajstić information content (AvgIpc) is 2.65. The van der Waals surface area contributed by atoms with Crippen molar-refractivity contribution in [2.45, 2.75) is 26.9 Å². The van der Waals surface area contributed by atoms with Crippen molar-refractivity contribution in [3.05, 3.63) is 44.9 Å². The second-order valence-electron chi connectivity index (χ2n) is 5.29. The highest BCUT2D eigenvalue weighted by Gasteiger charge is 2.34. The zero-order valence-corrected chi connectivity index (χ0v) is 11.7. The molecule has 6 heteroatoms. The number of hydrogen-bond acceptors (Lipinski definition) is 1.